The summed E-state index contributed by atoms with van der Waals surface area (Å²) < 4.78 is 0. The molecule has 1 aliphatic carbocycles. The van der Waals surface area contributed by atoms with Crippen LogP contribution in [0.5, 0.6) is 0 Å². The van der Waals surface area contributed by atoms with Crippen molar-refractivity contribution in [3.05, 3.63) is 64.7 Å². The number of benzene rings is 3. The van der Waals surface area contributed by atoms with Crippen LogP contribution in [0.1, 0.15) is 35.1 Å². The monoisotopic (exact) mass is 323 g/mol. The van der Waals surface area contributed by atoms with Gasteiger partial charge >= 0.3 is 0 Å². The topological polar surface area (TPSA) is 73.6 Å². The van der Waals surface area contributed by atoms with E-state index in [0.29, 0.717) is 16.8 Å². The van der Waals surface area contributed by atoms with Crippen molar-refractivity contribution < 1.29 is 0 Å². The molecule has 0 fully saturated rings. The number of nitrogen functional groups attached to an aromatic ring is 1. The van der Waals surface area contributed by atoms with Crippen LogP contribution in [0.4, 0.5) is 5.69 Å². The van der Waals surface area contributed by atoms with Crippen LogP contribution < -0.4 is 5.73 Å². The first-order chi connectivity index (χ1) is 12.3. The molecule has 0 aliphatic heterocycles. The van der Waals surface area contributed by atoms with Gasteiger partial charge in [0.2, 0.25) is 0 Å². The number of anilines is 1. The zero-order chi connectivity index (χ0) is 17.4. The van der Waals surface area contributed by atoms with Gasteiger partial charge in [-0.1, -0.05) is 42.5 Å². The molecular weight excluding hydrogens is 306 g/mol. The van der Waals surface area contributed by atoms with Crippen LogP contribution >= 0.6 is 0 Å². The summed E-state index contributed by atoms with van der Waals surface area (Å²) in [5, 5.41) is 21.6. The average molecular weight is 323 g/mol. The molecule has 0 radical (unpaired) electrons. The first kappa shape index (κ1) is 15.2. The highest BCUT2D eigenvalue weighted by Crippen LogP contribution is 2.42. The number of fused-ring (bicyclic) bond motifs is 2. The second kappa shape index (κ2) is 5.96. The lowest BCUT2D eigenvalue weighted by molar-refractivity contribution is 0.685. The highest BCUT2D eigenvalue weighted by atomic mass is 14.6. The van der Waals surface area contributed by atoms with Crippen LogP contribution in [0, 0.1) is 22.7 Å². The van der Waals surface area contributed by atoms with Crippen LogP contribution in [-0.2, 0) is 12.8 Å². The van der Waals surface area contributed by atoms with Gasteiger partial charge in [-0.2, -0.15) is 10.5 Å². The van der Waals surface area contributed by atoms with E-state index >= 15 is 0 Å². The Kier molecular flexibility index (Phi) is 3.64. The number of rotatable bonds is 1. The van der Waals surface area contributed by atoms with E-state index in [1.165, 1.54) is 0 Å². The molecule has 2 N–H and O–H groups in total. The van der Waals surface area contributed by atoms with Crippen LogP contribution in [0.3, 0.4) is 0 Å². The molecule has 1 aliphatic rings. The second-order valence-electron chi connectivity index (χ2n) is 6.45. The molecule has 3 aromatic rings. The Bertz CT molecular complexity index is 1080. The molecule has 0 aromatic heterocycles. The molecule has 0 spiro atoms. The van der Waals surface area contributed by atoms with E-state index in [-0.39, 0.29) is 0 Å². The zero-order valence-electron chi connectivity index (χ0n) is 13.8. The van der Waals surface area contributed by atoms with E-state index in [0.717, 1.165) is 58.7 Å². The number of nitrogens with two attached hydrogens (primary N) is 1. The predicted molar refractivity (Wildman–Crippen MR) is 99.9 cm³/mol. The molecule has 3 nitrogen and oxygen atoms in total. The van der Waals surface area contributed by atoms with Crippen molar-refractivity contribution in [2.45, 2.75) is 25.7 Å². The van der Waals surface area contributed by atoms with Gasteiger partial charge in [-0.15, -0.1) is 0 Å². The first-order valence-electron chi connectivity index (χ1n) is 8.51. The molecule has 3 aromatic carbocycles. The summed E-state index contributed by atoms with van der Waals surface area (Å²) in [5.74, 6) is 0. The van der Waals surface area contributed by atoms with Crippen molar-refractivity contribution in [1.82, 2.24) is 0 Å². The van der Waals surface area contributed by atoms with E-state index in [2.05, 4.69) is 36.4 Å². The van der Waals surface area contributed by atoms with Crippen LogP contribution in [0.2, 0.25) is 0 Å². The molecule has 0 heterocycles. The Morgan fingerprint density at radius 1 is 0.800 bits per heavy atom. The number of hydrogen-bond donors (Lipinski definition) is 1. The Morgan fingerprint density at radius 2 is 1.48 bits per heavy atom. The third-order valence-corrected chi connectivity index (χ3v) is 5.14. The molecule has 25 heavy (non-hydrogen) atoms. The highest BCUT2D eigenvalue weighted by Gasteiger charge is 2.25. The Morgan fingerprint density at radius 3 is 2.24 bits per heavy atom. The summed E-state index contributed by atoms with van der Waals surface area (Å²) in [4.78, 5) is 0. The van der Waals surface area contributed by atoms with E-state index in [4.69, 9.17) is 5.73 Å². The Balaban J connectivity index is 2.17. The smallest absolute Gasteiger partial charge is 0.102 e. The molecule has 0 amide bonds. The van der Waals surface area contributed by atoms with E-state index < -0.39 is 0 Å². The van der Waals surface area contributed by atoms with Crippen LogP contribution in [0.25, 0.3) is 21.9 Å². The van der Waals surface area contributed by atoms with Gasteiger partial charge in [-0.25, -0.2) is 0 Å². The lowest BCUT2D eigenvalue weighted by Gasteiger charge is -2.24. The van der Waals surface area contributed by atoms with Gasteiger partial charge in [0.25, 0.3) is 0 Å². The Labute approximate surface area is 146 Å². The predicted octanol–water partition coefficient (Wildman–Crippen LogP) is 4.71. The molecule has 0 unspecified atom stereocenters. The minimum Gasteiger partial charge on any atom is -0.397 e. The number of hydrogen-bond acceptors (Lipinski definition) is 3. The minimum absolute atomic E-state index is 0.327. The van der Waals surface area contributed by atoms with E-state index in [1.54, 1.807) is 0 Å². The summed E-state index contributed by atoms with van der Waals surface area (Å²) in [6.07, 6.45) is 3.87. The van der Waals surface area contributed by atoms with E-state index in [9.17, 15) is 10.5 Å². The highest BCUT2D eigenvalue weighted by molar-refractivity contribution is 6.00. The third kappa shape index (κ3) is 2.25. The van der Waals surface area contributed by atoms with Crippen LogP contribution in [0.15, 0.2) is 42.5 Å². The summed E-state index contributed by atoms with van der Waals surface area (Å²) >= 11 is 0. The quantitative estimate of drug-likeness (QED) is 0.659. The van der Waals surface area contributed by atoms with Gasteiger partial charge in [0.05, 0.1) is 16.8 Å². The third-order valence-electron chi connectivity index (χ3n) is 5.14. The van der Waals surface area contributed by atoms with Crippen molar-refractivity contribution in [3.8, 4) is 23.3 Å². The molecule has 0 atom stereocenters. The fourth-order valence-corrected chi connectivity index (χ4v) is 4.01. The van der Waals surface area contributed by atoms with E-state index in [1.807, 2.05) is 18.2 Å². The summed E-state index contributed by atoms with van der Waals surface area (Å²) in [7, 11) is 0. The number of nitrogens with zero attached hydrogens (tertiary/aromatic N) is 2. The van der Waals surface area contributed by atoms with Gasteiger partial charge < -0.3 is 5.73 Å². The second-order valence-corrected chi connectivity index (χ2v) is 6.45. The fraction of sp³-hybridized carbons (Fsp3) is 0.182. The minimum atomic E-state index is 0.327. The first-order valence-corrected chi connectivity index (χ1v) is 8.51. The lowest BCUT2D eigenvalue weighted by Crippen LogP contribution is -2.12. The molecule has 0 bridgehead atoms. The Hall–Kier alpha value is -3.30. The molecule has 120 valence electrons. The normalized spacial score (nSPS) is 13.0. The van der Waals surface area contributed by atoms with Gasteiger partial charge in [0.15, 0.2) is 0 Å². The summed E-state index contributed by atoms with van der Waals surface area (Å²) in [5.41, 5.74) is 11.6. The van der Waals surface area contributed by atoms with Crippen molar-refractivity contribution in [1.29, 1.82) is 10.5 Å². The van der Waals surface area contributed by atoms with Crippen molar-refractivity contribution in [3.63, 3.8) is 0 Å². The largest absolute Gasteiger partial charge is 0.397 e. The molecule has 3 heteroatoms. The van der Waals surface area contributed by atoms with Crippen molar-refractivity contribution >= 4 is 16.5 Å². The SMILES string of the molecule is N#Cc1c(N)c(C#N)c(-c2cccc3ccccc23)c2c1CCCC2. The molecular formula is C22H17N3. The molecule has 4 rings (SSSR count). The molecule has 0 saturated heterocycles. The lowest BCUT2D eigenvalue weighted by atomic mass is 9.79. The van der Waals surface area contributed by atoms with Crippen LogP contribution in [-0.4, -0.2) is 0 Å². The maximum atomic E-state index is 9.81. The van der Waals surface area contributed by atoms with Gasteiger partial charge in [0.1, 0.15) is 12.1 Å². The summed E-state index contributed by atoms with van der Waals surface area (Å²) in [6.45, 7) is 0. The standard InChI is InChI=1S/C22H17N3/c23-12-19-16-9-3-4-10-18(16)21(20(13-24)22(19)25)17-11-5-7-14-6-1-2-8-15(14)17/h1-2,5-8,11H,3-4,9-10,25H2. The van der Waals surface area contributed by atoms with Gasteiger partial charge in [-0.3, -0.25) is 0 Å². The maximum Gasteiger partial charge on any atom is 0.102 e. The maximum absolute atomic E-state index is 9.81. The summed E-state index contributed by atoms with van der Waals surface area (Å²) in [6, 6.07) is 18.8. The van der Waals surface area contributed by atoms with Gasteiger partial charge in [-0.05, 0) is 53.1 Å². The number of nitriles is 2. The zero-order valence-corrected chi connectivity index (χ0v) is 13.8. The van der Waals surface area contributed by atoms with Crippen molar-refractivity contribution in [2.75, 3.05) is 5.73 Å². The average Bonchev–Trinajstić information content (AvgIpc) is 2.67. The van der Waals surface area contributed by atoms with Crippen molar-refractivity contribution in [2.24, 2.45) is 0 Å². The fourth-order valence-electron chi connectivity index (χ4n) is 4.01. The van der Waals surface area contributed by atoms with Gasteiger partial charge in [0, 0.05) is 5.56 Å². The molecule has 0 saturated carbocycles.